The topological polar surface area (TPSA) is 70.6 Å². The lowest BCUT2D eigenvalue weighted by molar-refractivity contribution is 0.0963. The van der Waals surface area contributed by atoms with Crippen molar-refractivity contribution in [3.05, 3.63) is 54.1 Å². The van der Waals surface area contributed by atoms with Gasteiger partial charge in [-0.25, -0.2) is 0 Å². The van der Waals surface area contributed by atoms with Crippen molar-refractivity contribution >= 4 is 23.2 Å². The van der Waals surface area contributed by atoms with Crippen molar-refractivity contribution < 1.29 is 14.6 Å². The molecular weight excluding hydrogens is 316 g/mol. The molecule has 122 valence electrons. The molecule has 0 aliphatic carbocycles. The van der Waals surface area contributed by atoms with E-state index in [1.807, 2.05) is 24.3 Å². The Hall–Kier alpha value is -2.24. The Morgan fingerprint density at radius 2 is 1.96 bits per heavy atom. The molecule has 2 rings (SSSR count). The molecule has 1 unspecified atom stereocenters. The third-order valence-corrected chi connectivity index (χ3v) is 3.49. The summed E-state index contributed by atoms with van der Waals surface area (Å²) in [4.78, 5) is 11.6. The van der Waals surface area contributed by atoms with Gasteiger partial charge in [-0.3, -0.25) is 4.79 Å². The van der Waals surface area contributed by atoms with Gasteiger partial charge in [0.05, 0.1) is 12.0 Å². The van der Waals surface area contributed by atoms with E-state index in [1.165, 1.54) is 0 Å². The van der Waals surface area contributed by atoms with E-state index in [0.717, 1.165) is 5.69 Å². The van der Waals surface area contributed by atoms with E-state index in [1.54, 1.807) is 31.3 Å². The molecule has 1 atom stereocenters. The first kappa shape index (κ1) is 17.1. The van der Waals surface area contributed by atoms with Crippen molar-refractivity contribution in [3.8, 4) is 11.5 Å². The average Bonchev–Trinajstić information content (AvgIpc) is 2.60. The third kappa shape index (κ3) is 5.16. The Morgan fingerprint density at radius 1 is 1.22 bits per heavy atom. The molecule has 2 aromatic rings. The van der Waals surface area contributed by atoms with Crippen LogP contribution < -0.4 is 15.4 Å². The van der Waals surface area contributed by atoms with Crippen molar-refractivity contribution in [3.63, 3.8) is 0 Å². The van der Waals surface area contributed by atoms with Gasteiger partial charge in [-0.1, -0.05) is 6.07 Å². The molecule has 1 amide bonds. The smallest absolute Gasteiger partial charge is 0.251 e. The second kappa shape index (κ2) is 8.41. The molecule has 0 saturated carbocycles. The van der Waals surface area contributed by atoms with Crippen molar-refractivity contribution in [2.45, 2.75) is 6.10 Å². The molecule has 3 N–H and O–H groups in total. The highest BCUT2D eigenvalue weighted by molar-refractivity contribution is 6.18. The maximum absolute atomic E-state index is 11.6. The van der Waals surface area contributed by atoms with Crippen LogP contribution in [0.1, 0.15) is 10.4 Å². The summed E-state index contributed by atoms with van der Waals surface area (Å²) in [6, 6.07) is 14.3. The summed E-state index contributed by atoms with van der Waals surface area (Å²) in [7, 11) is 1.59. The number of aliphatic hydroxyl groups excluding tert-OH is 1. The first-order valence-electron chi connectivity index (χ1n) is 7.20. The van der Waals surface area contributed by atoms with Crippen molar-refractivity contribution in [2.24, 2.45) is 0 Å². The first-order valence-corrected chi connectivity index (χ1v) is 7.74. The van der Waals surface area contributed by atoms with Crippen LogP contribution in [0.4, 0.5) is 5.69 Å². The fourth-order valence-electron chi connectivity index (χ4n) is 1.91. The Morgan fingerprint density at radius 3 is 2.61 bits per heavy atom. The highest BCUT2D eigenvalue weighted by Crippen LogP contribution is 2.23. The standard InChI is InChI=1S/C17H19ClN2O3/c1-19-17(22)12-3-2-4-16(9-12)23-15-7-5-13(6-8-15)20-11-14(21)10-18/h2-9,14,20-21H,10-11H2,1H3,(H,19,22). The summed E-state index contributed by atoms with van der Waals surface area (Å²) in [5, 5.41) is 15.1. The van der Waals surface area contributed by atoms with Gasteiger partial charge >= 0.3 is 0 Å². The number of nitrogens with one attached hydrogen (secondary N) is 2. The molecule has 0 heterocycles. The van der Waals surface area contributed by atoms with Gasteiger partial charge in [0.1, 0.15) is 11.5 Å². The van der Waals surface area contributed by atoms with E-state index >= 15 is 0 Å². The molecule has 0 radical (unpaired) electrons. The van der Waals surface area contributed by atoms with Gasteiger partial charge in [0.25, 0.3) is 5.91 Å². The summed E-state index contributed by atoms with van der Waals surface area (Å²) in [5.74, 6) is 1.27. The number of aliphatic hydroxyl groups is 1. The van der Waals surface area contributed by atoms with Gasteiger partial charge in [-0.05, 0) is 42.5 Å². The quantitative estimate of drug-likeness (QED) is 0.681. The van der Waals surface area contributed by atoms with Crippen LogP contribution >= 0.6 is 11.6 Å². The van der Waals surface area contributed by atoms with Crippen LogP contribution in [0.2, 0.25) is 0 Å². The molecule has 6 heteroatoms. The second-order valence-electron chi connectivity index (χ2n) is 4.92. The van der Waals surface area contributed by atoms with Gasteiger partial charge in [0.2, 0.25) is 0 Å². The number of carbonyl (C=O) groups is 1. The normalized spacial score (nSPS) is 11.6. The molecule has 2 aromatic carbocycles. The van der Waals surface area contributed by atoms with E-state index in [0.29, 0.717) is 23.6 Å². The Kier molecular flexibility index (Phi) is 6.26. The average molecular weight is 335 g/mol. The third-order valence-electron chi connectivity index (χ3n) is 3.13. The summed E-state index contributed by atoms with van der Waals surface area (Å²) in [5.41, 5.74) is 1.40. The highest BCUT2D eigenvalue weighted by atomic mass is 35.5. The molecule has 0 aliphatic rings. The van der Waals surface area contributed by atoms with E-state index in [2.05, 4.69) is 10.6 Å². The summed E-state index contributed by atoms with van der Waals surface area (Å²) >= 11 is 5.54. The molecular formula is C17H19ClN2O3. The van der Waals surface area contributed by atoms with E-state index in [-0.39, 0.29) is 11.8 Å². The Labute approximate surface area is 140 Å². The lowest BCUT2D eigenvalue weighted by Crippen LogP contribution is -2.20. The molecule has 0 bridgehead atoms. The second-order valence-corrected chi connectivity index (χ2v) is 5.23. The van der Waals surface area contributed by atoms with E-state index in [9.17, 15) is 9.90 Å². The molecule has 0 aromatic heterocycles. The fourth-order valence-corrected chi connectivity index (χ4v) is 2.02. The van der Waals surface area contributed by atoms with Crippen molar-refractivity contribution in [1.29, 1.82) is 0 Å². The predicted octanol–water partition coefficient (Wildman–Crippen LogP) is 2.85. The molecule has 5 nitrogen and oxygen atoms in total. The van der Waals surface area contributed by atoms with Gasteiger partial charge in [-0.2, -0.15) is 0 Å². The number of amides is 1. The predicted molar refractivity (Wildman–Crippen MR) is 91.6 cm³/mol. The monoisotopic (exact) mass is 334 g/mol. The molecule has 23 heavy (non-hydrogen) atoms. The largest absolute Gasteiger partial charge is 0.457 e. The highest BCUT2D eigenvalue weighted by Gasteiger charge is 2.05. The van der Waals surface area contributed by atoms with Crippen molar-refractivity contribution in [1.82, 2.24) is 5.32 Å². The van der Waals surface area contributed by atoms with Crippen LogP contribution in [0.15, 0.2) is 48.5 Å². The van der Waals surface area contributed by atoms with Crippen LogP contribution in [0.5, 0.6) is 11.5 Å². The number of hydrogen-bond acceptors (Lipinski definition) is 4. The zero-order valence-electron chi connectivity index (χ0n) is 12.8. The molecule has 0 fully saturated rings. The van der Waals surface area contributed by atoms with Crippen LogP contribution in [0.3, 0.4) is 0 Å². The number of anilines is 1. The number of alkyl halides is 1. The van der Waals surface area contributed by atoms with Gasteiger partial charge in [-0.15, -0.1) is 11.6 Å². The number of benzene rings is 2. The Balaban J connectivity index is 1.99. The summed E-state index contributed by atoms with van der Waals surface area (Å²) in [6.07, 6.45) is -0.583. The minimum atomic E-state index is -0.583. The van der Waals surface area contributed by atoms with Crippen LogP contribution in [0.25, 0.3) is 0 Å². The summed E-state index contributed by atoms with van der Waals surface area (Å²) < 4.78 is 5.74. The lowest BCUT2D eigenvalue weighted by atomic mass is 10.2. The fraction of sp³-hybridized carbons (Fsp3) is 0.235. The number of hydrogen-bond donors (Lipinski definition) is 3. The van der Waals surface area contributed by atoms with E-state index in [4.69, 9.17) is 16.3 Å². The lowest BCUT2D eigenvalue weighted by Gasteiger charge is -2.11. The molecule has 0 saturated heterocycles. The first-order chi connectivity index (χ1) is 11.1. The van der Waals surface area contributed by atoms with Crippen LogP contribution in [-0.2, 0) is 0 Å². The summed E-state index contributed by atoms with van der Waals surface area (Å²) in [6.45, 7) is 0.387. The SMILES string of the molecule is CNC(=O)c1cccc(Oc2ccc(NCC(O)CCl)cc2)c1. The number of rotatable bonds is 7. The molecule has 0 spiro atoms. The maximum Gasteiger partial charge on any atom is 0.251 e. The zero-order valence-corrected chi connectivity index (χ0v) is 13.5. The van der Waals surface area contributed by atoms with Gasteiger partial charge in [0.15, 0.2) is 0 Å². The Bertz CT molecular complexity index is 647. The maximum atomic E-state index is 11.6. The number of halogens is 1. The van der Waals surface area contributed by atoms with E-state index < -0.39 is 6.10 Å². The number of carbonyl (C=O) groups excluding carboxylic acids is 1. The van der Waals surface area contributed by atoms with Crippen LogP contribution in [0, 0.1) is 0 Å². The minimum absolute atomic E-state index is 0.159. The van der Waals surface area contributed by atoms with Gasteiger partial charge in [0, 0.05) is 24.8 Å². The molecule has 0 aliphatic heterocycles. The van der Waals surface area contributed by atoms with Crippen LogP contribution in [-0.4, -0.2) is 36.6 Å². The minimum Gasteiger partial charge on any atom is -0.457 e. The van der Waals surface area contributed by atoms with Crippen molar-refractivity contribution in [2.75, 3.05) is 24.8 Å². The van der Waals surface area contributed by atoms with Gasteiger partial charge < -0.3 is 20.5 Å². The zero-order chi connectivity index (χ0) is 16.7. The number of ether oxygens (including phenoxy) is 1.